The van der Waals surface area contributed by atoms with E-state index < -0.39 is 0 Å². The van der Waals surface area contributed by atoms with Crippen molar-refractivity contribution in [3.8, 4) is 11.5 Å². The molecule has 7 heteroatoms. The Hall–Kier alpha value is -2.70. The van der Waals surface area contributed by atoms with E-state index in [1.165, 1.54) is 6.08 Å². The molecule has 29 heavy (non-hydrogen) atoms. The van der Waals surface area contributed by atoms with Crippen molar-refractivity contribution in [2.45, 2.75) is 6.61 Å². The van der Waals surface area contributed by atoms with Gasteiger partial charge in [0.15, 0.2) is 11.5 Å². The third-order valence-electron chi connectivity index (χ3n) is 4.55. The molecular formula is C22H24ClNO5. The average molecular weight is 418 g/mol. The van der Waals surface area contributed by atoms with Gasteiger partial charge >= 0.3 is 0 Å². The van der Waals surface area contributed by atoms with Crippen molar-refractivity contribution in [3.63, 3.8) is 0 Å². The number of nitrogens with zero attached hydrogens (tertiary/aromatic N) is 1. The van der Waals surface area contributed by atoms with Crippen molar-refractivity contribution >= 4 is 23.3 Å². The van der Waals surface area contributed by atoms with Crippen LogP contribution in [0.1, 0.15) is 11.1 Å². The first kappa shape index (κ1) is 21.0. The van der Waals surface area contributed by atoms with Gasteiger partial charge in [0.25, 0.3) is 0 Å². The predicted molar refractivity (Wildman–Crippen MR) is 111 cm³/mol. The number of rotatable bonds is 7. The second-order valence-electron chi connectivity index (χ2n) is 6.43. The van der Waals surface area contributed by atoms with Crippen LogP contribution in [0.15, 0.2) is 48.5 Å². The van der Waals surface area contributed by atoms with Crippen LogP contribution in [0.25, 0.3) is 5.76 Å². The third-order valence-corrected chi connectivity index (χ3v) is 4.80. The van der Waals surface area contributed by atoms with Gasteiger partial charge in [0.1, 0.15) is 12.4 Å². The van der Waals surface area contributed by atoms with Crippen LogP contribution in [0, 0.1) is 0 Å². The molecule has 3 rings (SSSR count). The number of hydrogen-bond acceptors (Lipinski definition) is 5. The number of carbonyl (C=O) groups excluding carboxylic acids is 1. The second-order valence-corrected chi connectivity index (χ2v) is 6.87. The number of carbonyl (C=O) groups is 1. The van der Waals surface area contributed by atoms with Gasteiger partial charge in [-0.05, 0) is 35.9 Å². The zero-order chi connectivity index (χ0) is 20.6. The van der Waals surface area contributed by atoms with Crippen molar-refractivity contribution in [1.29, 1.82) is 0 Å². The summed E-state index contributed by atoms with van der Waals surface area (Å²) in [6.07, 6.45) is 1.52. The van der Waals surface area contributed by atoms with E-state index in [1.807, 2.05) is 18.2 Å². The zero-order valence-electron chi connectivity index (χ0n) is 16.5. The monoisotopic (exact) mass is 417 g/mol. The van der Waals surface area contributed by atoms with Crippen LogP contribution in [0.3, 0.4) is 0 Å². The molecule has 0 unspecified atom stereocenters. The van der Waals surface area contributed by atoms with Gasteiger partial charge in [-0.2, -0.15) is 0 Å². The summed E-state index contributed by atoms with van der Waals surface area (Å²) in [6, 6.07) is 12.8. The smallest absolute Gasteiger partial charge is 0.250 e. The van der Waals surface area contributed by atoms with Gasteiger partial charge in [0.05, 0.1) is 27.4 Å². The summed E-state index contributed by atoms with van der Waals surface area (Å²) in [4.78, 5) is 14.5. The summed E-state index contributed by atoms with van der Waals surface area (Å²) in [7, 11) is 3.14. The van der Waals surface area contributed by atoms with E-state index in [9.17, 15) is 4.79 Å². The van der Waals surface area contributed by atoms with E-state index in [0.29, 0.717) is 55.2 Å². The highest BCUT2D eigenvalue weighted by Gasteiger charge is 2.18. The molecule has 0 spiro atoms. The molecular weight excluding hydrogens is 394 g/mol. The summed E-state index contributed by atoms with van der Waals surface area (Å²) < 4.78 is 22.0. The molecule has 154 valence electrons. The Morgan fingerprint density at radius 2 is 1.76 bits per heavy atom. The Labute approximate surface area is 175 Å². The summed E-state index contributed by atoms with van der Waals surface area (Å²) in [5.41, 5.74) is 1.66. The topological polar surface area (TPSA) is 57.2 Å². The van der Waals surface area contributed by atoms with E-state index in [0.717, 1.165) is 11.1 Å². The summed E-state index contributed by atoms with van der Waals surface area (Å²) in [5.74, 6) is 1.50. The van der Waals surface area contributed by atoms with Crippen LogP contribution < -0.4 is 9.47 Å². The third kappa shape index (κ3) is 5.65. The first-order valence-corrected chi connectivity index (χ1v) is 9.66. The SMILES string of the molecule is COc1ccc(C(=CC(=O)N2CCOCC2)OCc2ccc(Cl)cc2)cc1OC. The maximum Gasteiger partial charge on any atom is 0.250 e. The van der Waals surface area contributed by atoms with Crippen molar-refractivity contribution in [3.05, 3.63) is 64.7 Å². The molecule has 6 nitrogen and oxygen atoms in total. The Balaban J connectivity index is 1.86. The quantitative estimate of drug-likeness (QED) is 0.507. The fourth-order valence-electron chi connectivity index (χ4n) is 2.93. The maximum atomic E-state index is 12.8. The molecule has 0 aromatic heterocycles. The number of amides is 1. The molecule has 2 aromatic rings. The van der Waals surface area contributed by atoms with Crippen molar-refractivity contribution < 1.29 is 23.7 Å². The molecule has 0 saturated carbocycles. The summed E-state index contributed by atoms with van der Waals surface area (Å²) in [6.45, 7) is 2.50. The van der Waals surface area contributed by atoms with Crippen LogP contribution in [-0.4, -0.2) is 51.3 Å². The molecule has 1 fully saturated rings. The maximum absolute atomic E-state index is 12.8. The van der Waals surface area contributed by atoms with Gasteiger partial charge in [0.2, 0.25) is 5.91 Å². The van der Waals surface area contributed by atoms with E-state index in [1.54, 1.807) is 43.4 Å². The predicted octanol–water partition coefficient (Wildman–Crippen LogP) is 3.77. The molecule has 0 atom stereocenters. The normalized spacial score (nSPS) is 14.4. The highest BCUT2D eigenvalue weighted by Crippen LogP contribution is 2.31. The number of morpholine rings is 1. The van der Waals surface area contributed by atoms with Gasteiger partial charge < -0.3 is 23.8 Å². The molecule has 0 bridgehead atoms. The molecule has 1 saturated heterocycles. The van der Waals surface area contributed by atoms with Crippen LogP contribution in [-0.2, 0) is 20.9 Å². The lowest BCUT2D eigenvalue weighted by Gasteiger charge is -2.26. The van der Waals surface area contributed by atoms with E-state index in [4.69, 9.17) is 30.5 Å². The minimum atomic E-state index is -0.116. The molecule has 1 aliphatic rings. The Morgan fingerprint density at radius 3 is 2.41 bits per heavy atom. The van der Waals surface area contributed by atoms with Gasteiger partial charge in [-0.15, -0.1) is 0 Å². The van der Waals surface area contributed by atoms with Crippen molar-refractivity contribution in [2.24, 2.45) is 0 Å². The minimum Gasteiger partial charge on any atom is -0.493 e. The van der Waals surface area contributed by atoms with Gasteiger partial charge in [-0.1, -0.05) is 23.7 Å². The molecule has 0 N–H and O–H groups in total. The lowest BCUT2D eigenvalue weighted by molar-refractivity contribution is -0.130. The first-order chi connectivity index (χ1) is 14.1. The van der Waals surface area contributed by atoms with Crippen LogP contribution >= 0.6 is 11.6 Å². The lowest BCUT2D eigenvalue weighted by Crippen LogP contribution is -2.39. The van der Waals surface area contributed by atoms with Gasteiger partial charge in [-0.25, -0.2) is 0 Å². The van der Waals surface area contributed by atoms with E-state index in [-0.39, 0.29) is 5.91 Å². The fraction of sp³-hybridized carbons (Fsp3) is 0.318. The lowest BCUT2D eigenvalue weighted by atomic mass is 10.1. The molecule has 1 aliphatic heterocycles. The Kier molecular flexibility index (Phi) is 7.38. The number of methoxy groups -OCH3 is 2. The second kappa shape index (κ2) is 10.2. The molecule has 1 amide bonds. The number of halogens is 1. The van der Waals surface area contributed by atoms with E-state index >= 15 is 0 Å². The highest BCUT2D eigenvalue weighted by molar-refractivity contribution is 6.30. The summed E-state index contributed by atoms with van der Waals surface area (Å²) in [5, 5.41) is 0.659. The highest BCUT2D eigenvalue weighted by atomic mass is 35.5. The molecule has 1 heterocycles. The van der Waals surface area contributed by atoms with Crippen LogP contribution in [0.4, 0.5) is 0 Å². The summed E-state index contributed by atoms with van der Waals surface area (Å²) >= 11 is 5.95. The average Bonchev–Trinajstić information content (AvgIpc) is 2.77. The molecule has 0 radical (unpaired) electrons. The number of hydrogen-bond donors (Lipinski definition) is 0. The zero-order valence-corrected chi connectivity index (χ0v) is 17.3. The standard InChI is InChI=1S/C22H24ClNO5/c1-26-19-8-5-17(13-21(19)27-2)20(14-22(25)24-9-11-28-12-10-24)29-15-16-3-6-18(23)7-4-16/h3-8,13-14H,9-12,15H2,1-2H3. The van der Waals surface area contributed by atoms with Gasteiger partial charge in [0, 0.05) is 29.8 Å². The fourth-order valence-corrected chi connectivity index (χ4v) is 3.05. The van der Waals surface area contributed by atoms with E-state index in [2.05, 4.69) is 0 Å². The van der Waals surface area contributed by atoms with Gasteiger partial charge in [-0.3, -0.25) is 4.79 Å². The Morgan fingerprint density at radius 1 is 1.07 bits per heavy atom. The minimum absolute atomic E-state index is 0.116. The van der Waals surface area contributed by atoms with Crippen molar-refractivity contribution in [1.82, 2.24) is 4.90 Å². The largest absolute Gasteiger partial charge is 0.493 e. The van der Waals surface area contributed by atoms with Crippen LogP contribution in [0.5, 0.6) is 11.5 Å². The van der Waals surface area contributed by atoms with Crippen LogP contribution in [0.2, 0.25) is 5.02 Å². The first-order valence-electron chi connectivity index (χ1n) is 9.28. The number of ether oxygens (including phenoxy) is 4. The van der Waals surface area contributed by atoms with Crippen molar-refractivity contribution in [2.75, 3.05) is 40.5 Å². The number of benzene rings is 2. The molecule has 0 aliphatic carbocycles. The molecule has 2 aromatic carbocycles. The Bertz CT molecular complexity index is 860.